The molecule has 96 valence electrons. The highest BCUT2D eigenvalue weighted by Gasteiger charge is 2.33. The number of nitrogens with two attached hydrogens (primary N) is 1. The van der Waals surface area contributed by atoms with E-state index in [1.807, 2.05) is 0 Å². The molecule has 0 spiro atoms. The Labute approximate surface area is 100 Å². The van der Waals surface area contributed by atoms with E-state index in [-0.39, 0.29) is 18.8 Å². The first-order chi connectivity index (χ1) is 7.87. The van der Waals surface area contributed by atoms with E-state index in [1.54, 1.807) is 0 Å². The van der Waals surface area contributed by atoms with Gasteiger partial charge in [0.15, 0.2) is 0 Å². The second-order valence-corrected chi connectivity index (χ2v) is 4.21. The quantitative estimate of drug-likeness (QED) is 0.902. The number of thiazole rings is 1. The third kappa shape index (κ3) is 3.97. The van der Waals surface area contributed by atoms with Crippen molar-refractivity contribution in [3.63, 3.8) is 0 Å². The second kappa shape index (κ2) is 5.46. The number of nitrogens with zero attached hydrogens (tertiary/aromatic N) is 2. The van der Waals surface area contributed by atoms with Gasteiger partial charge in [0, 0.05) is 18.5 Å². The molecular formula is C9H12F3N3OS. The van der Waals surface area contributed by atoms with Gasteiger partial charge in [-0.15, -0.1) is 11.3 Å². The van der Waals surface area contributed by atoms with Gasteiger partial charge in [0.1, 0.15) is 17.2 Å². The average Bonchev–Trinajstić information content (AvgIpc) is 2.72. The molecule has 0 bridgehead atoms. The summed E-state index contributed by atoms with van der Waals surface area (Å²) in [5.41, 5.74) is 5.33. The van der Waals surface area contributed by atoms with Crippen LogP contribution in [0.15, 0.2) is 5.38 Å². The monoisotopic (exact) mass is 267 g/mol. The first-order valence-electron chi connectivity index (χ1n) is 4.88. The molecule has 0 unspecified atom stereocenters. The van der Waals surface area contributed by atoms with Crippen molar-refractivity contribution in [3.8, 4) is 0 Å². The van der Waals surface area contributed by atoms with Crippen molar-refractivity contribution in [3.05, 3.63) is 16.1 Å². The summed E-state index contributed by atoms with van der Waals surface area (Å²) in [5.74, 6) is -0.722. The van der Waals surface area contributed by atoms with Crippen molar-refractivity contribution in [2.45, 2.75) is 19.6 Å². The van der Waals surface area contributed by atoms with Crippen LogP contribution in [0, 0.1) is 0 Å². The van der Waals surface area contributed by atoms with Crippen LogP contribution >= 0.6 is 11.3 Å². The Morgan fingerprint density at radius 2 is 2.24 bits per heavy atom. The molecule has 0 fully saturated rings. The van der Waals surface area contributed by atoms with Crippen molar-refractivity contribution in [1.29, 1.82) is 0 Å². The standard InChI is InChI=1S/C9H12F3N3OS/c1-2-15(5-9(10,11)12)8(16)6-4-17-7(3-13)14-6/h4H,2-3,5,13H2,1H3. The van der Waals surface area contributed by atoms with Gasteiger partial charge in [-0.2, -0.15) is 13.2 Å². The Morgan fingerprint density at radius 1 is 1.59 bits per heavy atom. The molecule has 0 aromatic carbocycles. The molecule has 4 nitrogen and oxygen atoms in total. The third-order valence-electron chi connectivity index (χ3n) is 1.98. The first-order valence-corrected chi connectivity index (χ1v) is 5.75. The second-order valence-electron chi connectivity index (χ2n) is 3.27. The van der Waals surface area contributed by atoms with Gasteiger partial charge in [-0.05, 0) is 6.92 Å². The molecule has 1 heterocycles. The van der Waals surface area contributed by atoms with Gasteiger partial charge in [0.05, 0.1) is 0 Å². The summed E-state index contributed by atoms with van der Waals surface area (Å²) in [7, 11) is 0. The zero-order valence-electron chi connectivity index (χ0n) is 9.12. The van der Waals surface area contributed by atoms with Gasteiger partial charge in [0.2, 0.25) is 0 Å². The van der Waals surface area contributed by atoms with Crippen LogP contribution in [0.2, 0.25) is 0 Å². The maximum absolute atomic E-state index is 12.2. The fourth-order valence-corrected chi connectivity index (χ4v) is 1.86. The van der Waals surface area contributed by atoms with Gasteiger partial charge in [-0.3, -0.25) is 4.79 Å². The molecule has 0 aliphatic heterocycles. The van der Waals surface area contributed by atoms with E-state index in [4.69, 9.17) is 5.73 Å². The summed E-state index contributed by atoms with van der Waals surface area (Å²) in [6.07, 6.45) is -4.40. The van der Waals surface area contributed by atoms with Gasteiger partial charge in [0.25, 0.3) is 5.91 Å². The molecule has 17 heavy (non-hydrogen) atoms. The predicted octanol–water partition coefficient (Wildman–Crippen LogP) is 1.63. The minimum absolute atomic E-state index is 0.0153. The molecule has 0 radical (unpaired) electrons. The van der Waals surface area contributed by atoms with Crippen LogP contribution < -0.4 is 5.73 Å². The van der Waals surface area contributed by atoms with Crippen molar-refractivity contribution in [2.24, 2.45) is 5.73 Å². The fourth-order valence-electron chi connectivity index (χ4n) is 1.21. The SMILES string of the molecule is CCN(CC(F)(F)F)C(=O)c1csc(CN)n1. The number of amides is 1. The lowest BCUT2D eigenvalue weighted by Crippen LogP contribution is -2.38. The van der Waals surface area contributed by atoms with Gasteiger partial charge in [-0.1, -0.05) is 0 Å². The van der Waals surface area contributed by atoms with Crippen LogP contribution in [0.1, 0.15) is 22.4 Å². The Morgan fingerprint density at radius 3 is 2.65 bits per heavy atom. The Kier molecular flexibility index (Phi) is 4.47. The molecule has 0 saturated heterocycles. The summed E-state index contributed by atoms with van der Waals surface area (Å²) in [6.45, 7) is 0.370. The Bertz CT molecular complexity index is 391. The molecule has 1 amide bonds. The van der Waals surface area contributed by atoms with E-state index in [0.29, 0.717) is 9.91 Å². The van der Waals surface area contributed by atoms with E-state index >= 15 is 0 Å². The Hall–Kier alpha value is -1.15. The summed E-state index contributed by atoms with van der Waals surface area (Å²) >= 11 is 1.16. The number of hydrogen-bond donors (Lipinski definition) is 1. The largest absolute Gasteiger partial charge is 0.406 e. The maximum Gasteiger partial charge on any atom is 0.406 e. The number of halogens is 3. The fraction of sp³-hybridized carbons (Fsp3) is 0.556. The molecule has 0 saturated carbocycles. The van der Waals surface area contributed by atoms with Gasteiger partial charge in [-0.25, -0.2) is 4.98 Å². The van der Waals surface area contributed by atoms with Crippen molar-refractivity contribution in [1.82, 2.24) is 9.88 Å². The van der Waals surface area contributed by atoms with E-state index in [2.05, 4.69) is 4.98 Å². The van der Waals surface area contributed by atoms with E-state index in [0.717, 1.165) is 11.3 Å². The van der Waals surface area contributed by atoms with Crippen LogP contribution in [0.4, 0.5) is 13.2 Å². The highest BCUT2D eigenvalue weighted by atomic mass is 32.1. The van der Waals surface area contributed by atoms with E-state index < -0.39 is 18.6 Å². The zero-order chi connectivity index (χ0) is 13.1. The van der Waals surface area contributed by atoms with Crippen LogP contribution in [-0.4, -0.2) is 35.1 Å². The van der Waals surface area contributed by atoms with E-state index in [9.17, 15) is 18.0 Å². The molecule has 0 aliphatic carbocycles. The molecule has 8 heteroatoms. The normalized spacial score (nSPS) is 11.6. The minimum atomic E-state index is -4.40. The maximum atomic E-state index is 12.2. The Balaban J connectivity index is 2.79. The summed E-state index contributed by atoms with van der Waals surface area (Å²) < 4.78 is 36.6. The lowest BCUT2D eigenvalue weighted by Gasteiger charge is -2.21. The van der Waals surface area contributed by atoms with Crippen molar-refractivity contribution < 1.29 is 18.0 Å². The molecule has 1 rings (SSSR count). The average molecular weight is 267 g/mol. The predicted molar refractivity (Wildman–Crippen MR) is 57.6 cm³/mol. The number of alkyl halides is 3. The lowest BCUT2D eigenvalue weighted by atomic mass is 10.3. The molecule has 2 N–H and O–H groups in total. The summed E-state index contributed by atoms with van der Waals surface area (Å²) in [4.78, 5) is 16.3. The van der Waals surface area contributed by atoms with Crippen LogP contribution in [-0.2, 0) is 6.54 Å². The number of aromatic nitrogens is 1. The van der Waals surface area contributed by atoms with Crippen LogP contribution in [0.25, 0.3) is 0 Å². The zero-order valence-corrected chi connectivity index (χ0v) is 9.94. The number of carbonyl (C=O) groups is 1. The summed E-state index contributed by atoms with van der Waals surface area (Å²) in [6, 6.07) is 0. The molecular weight excluding hydrogens is 255 g/mol. The highest BCUT2D eigenvalue weighted by Crippen LogP contribution is 2.18. The van der Waals surface area contributed by atoms with Gasteiger partial charge < -0.3 is 10.6 Å². The number of rotatable bonds is 4. The van der Waals surface area contributed by atoms with Gasteiger partial charge >= 0.3 is 6.18 Å². The van der Waals surface area contributed by atoms with Crippen molar-refractivity contribution in [2.75, 3.05) is 13.1 Å². The minimum Gasteiger partial charge on any atom is -0.328 e. The van der Waals surface area contributed by atoms with Crippen LogP contribution in [0.3, 0.4) is 0 Å². The molecule has 0 aliphatic rings. The number of hydrogen-bond acceptors (Lipinski definition) is 4. The topological polar surface area (TPSA) is 59.2 Å². The highest BCUT2D eigenvalue weighted by molar-refractivity contribution is 7.09. The molecule has 1 aromatic heterocycles. The number of carbonyl (C=O) groups excluding carboxylic acids is 1. The summed E-state index contributed by atoms with van der Waals surface area (Å²) in [5, 5.41) is 1.94. The smallest absolute Gasteiger partial charge is 0.328 e. The van der Waals surface area contributed by atoms with E-state index in [1.165, 1.54) is 12.3 Å². The first kappa shape index (κ1) is 13.9. The van der Waals surface area contributed by atoms with Crippen LogP contribution in [0.5, 0.6) is 0 Å². The lowest BCUT2D eigenvalue weighted by molar-refractivity contribution is -0.140. The molecule has 0 atom stereocenters. The molecule has 1 aromatic rings. The third-order valence-corrected chi connectivity index (χ3v) is 2.86. The van der Waals surface area contributed by atoms with Crippen molar-refractivity contribution >= 4 is 17.2 Å².